The number of hydrogen-bond acceptors (Lipinski definition) is 3. The first-order chi connectivity index (χ1) is 9.77. The number of nitrogens with zero attached hydrogens (tertiary/aromatic N) is 1. The van der Waals surface area contributed by atoms with Crippen LogP contribution in [0.4, 0.5) is 29.1 Å². The molecule has 0 amide bonds. The highest BCUT2D eigenvalue weighted by molar-refractivity contribution is 7.80. The lowest BCUT2D eigenvalue weighted by atomic mass is 10.2. The van der Waals surface area contributed by atoms with E-state index < -0.39 is 17.7 Å². The maximum atomic E-state index is 12.8. The van der Waals surface area contributed by atoms with E-state index in [0.717, 1.165) is 24.3 Å². The summed E-state index contributed by atoms with van der Waals surface area (Å²) in [4.78, 5) is 3.39. The van der Waals surface area contributed by atoms with Gasteiger partial charge >= 0.3 is 6.18 Å². The summed E-state index contributed by atoms with van der Waals surface area (Å²) >= 11 is 4.78. The normalized spacial score (nSPS) is 11.2. The fraction of sp³-hybridized carbons (Fsp3) is 0.0769. The molecule has 110 valence electrons. The maximum absolute atomic E-state index is 12.8. The number of hydrogen-bond donors (Lipinski definition) is 2. The first kappa shape index (κ1) is 15.2. The van der Waals surface area contributed by atoms with Crippen molar-refractivity contribution < 1.29 is 17.6 Å². The van der Waals surface area contributed by atoms with Gasteiger partial charge in [0.1, 0.15) is 22.3 Å². The summed E-state index contributed by atoms with van der Waals surface area (Å²) in [5, 5.41) is 2.65. The van der Waals surface area contributed by atoms with E-state index in [0.29, 0.717) is 5.69 Å². The quantitative estimate of drug-likeness (QED) is 0.671. The summed E-state index contributed by atoms with van der Waals surface area (Å²) < 4.78 is 50.9. The van der Waals surface area contributed by atoms with Crippen molar-refractivity contribution in [2.75, 3.05) is 5.32 Å². The lowest BCUT2D eigenvalue weighted by Gasteiger charge is -2.13. The zero-order valence-electron chi connectivity index (χ0n) is 10.4. The molecular formula is C13H9F4N3S. The molecule has 3 nitrogen and oxygen atoms in total. The average molecular weight is 315 g/mol. The number of halogens is 4. The minimum absolute atomic E-state index is 0.0964. The third-order valence-electron chi connectivity index (χ3n) is 2.56. The van der Waals surface area contributed by atoms with Crippen molar-refractivity contribution in [3.63, 3.8) is 0 Å². The topological polar surface area (TPSA) is 50.9 Å². The van der Waals surface area contributed by atoms with E-state index in [2.05, 4.69) is 10.3 Å². The molecule has 2 rings (SSSR count). The van der Waals surface area contributed by atoms with Crippen LogP contribution in [-0.4, -0.2) is 9.97 Å². The molecule has 0 bridgehead atoms. The lowest BCUT2D eigenvalue weighted by molar-refractivity contribution is -0.141. The first-order valence-corrected chi connectivity index (χ1v) is 6.09. The van der Waals surface area contributed by atoms with Crippen molar-refractivity contribution in [3.05, 3.63) is 53.5 Å². The van der Waals surface area contributed by atoms with Crippen molar-refractivity contribution >= 4 is 28.7 Å². The second kappa shape index (κ2) is 5.65. The molecule has 1 aromatic carbocycles. The third kappa shape index (κ3) is 3.66. The standard InChI is InChI=1S/C13H9F4N3S/c14-7-1-3-8(4-2-7)19-12-9(11(18)21)5-6-10(20-12)13(15,16)17/h1-6H,(H2,18,21)(H,19,20). The molecule has 0 spiro atoms. The summed E-state index contributed by atoms with van der Waals surface area (Å²) in [5.41, 5.74) is 4.92. The Hall–Kier alpha value is -2.22. The second-order valence-electron chi connectivity index (χ2n) is 4.09. The van der Waals surface area contributed by atoms with Crippen molar-refractivity contribution in [2.45, 2.75) is 6.18 Å². The Morgan fingerprint density at radius 3 is 2.24 bits per heavy atom. The van der Waals surface area contributed by atoms with Crippen molar-refractivity contribution in [2.24, 2.45) is 5.73 Å². The van der Waals surface area contributed by atoms with Crippen LogP contribution in [-0.2, 0) is 6.18 Å². The Morgan fingerprint density at radius 2 is 1.71 bits per heavy atom. The van der Waals surface area contributed by atoms with Crippen LogP contribution in [0.25, 0.3) is 0 Å². The minimum Gasteiger partial charge on any atom is -0.389 e. The monoisotopic (exact) mass is 315 g/mol. The fourth-order valence-corrected chi connectivity index (χ4v) is 1.75. The van der Waals surface area contributed by atoms with Crippen molar-refractivity contribution in [3.8, 4) is 0 Å². The van der Waals surface area contributed by atoms with Crippen LogP contribution < -0.4 is 11.1 Å². The number of benzene rings is 1. The van der Waals surface area contributed by atoms with Gasteiger partial charge in [0.05, 0.1) is 5.56 Å². The van der Waals surface area contributed by atoms with E-state index in [1.54, 1.807) is 0 Å². The minimum atomic E-state index is -4.59. The molecule has 2 aromatic rings. The molecule has 1 aromatic heterocycles. The molecule has 0 atom stereocenters. The zero-order chi connectivity index (χ0) is 15.6. The molecule has 8 heteroatoms. The molecule has 0 saturated heterocycles. The molecule has 0 saturated carbocycles. The van der Waals surface area contributed by atoms with E-state index in [9.17, 15) is 17.6 Å². The Morgan fingerprint density at radius 1 is 1.10 bits per heavy atom. The number of nitrogens with two attached hydrogens (primary N) is 1. The van der Waals surface area contributed by atoms with E-state index in [1.807, 2.05) is 0 Å². The highest BCUT2D eigenvalue weighted by Gasteiger charge is 2.33. The molecule has 0 aliphatic rings. The molecule has 0 radical (unpaired) electrons. The van der Waals surface area contributed by atoms with Crippen molar-refractivity contribution in [1.82, 2.24) is 4.98 Å². The Kier molecular flexibility index (Phi) is 4.08. The molecule has 21 heavy (non-hydrogen) atoms. The second-order valence-corrected chi connectivity index (χ2v) is 4.53. The summed E-state index contributed by atoms with van der Waals surface area (Å²) in [7, 11) is 0. The van der Waals surface area contributed by atoms with E-state index in [-0.39, 0.29) is 16.4 Å². The largest absolute Gasteiger partial charge is 0.433 e. The van der Waals surface area contributed by atoms with Crippen LogP contribution in [0.2, 0.25) is 0 Å². The molecular weight excluding hydrogens is 306 g/mol. The van der Waals surface area contributed by atoms with Gasteiger partial charge in [-0.2, -0.15) is 13.2 Å². The van der Waals surface area contributed by atoms with Gasteiger partial charge in [0.25, 0.3) is 0 Å². The lowest BCUT2D eigenvalue weighted by Crippen LogP contribution is -2.16. The Bertz CT molecular complexity index is 668. The SMILES string of the molecule is NC(=S)c1ccc(C(F)(F)F)nc1Nc1ccc(F)cc1. The van der Waals surface area contributed by atoms with Crippen LogP contribution in [0.15, 0.2) is 36.4 Å². The Balaban J connectivity index is 2.43. The van der Waals surface area contributed by atoms with Gasteiger partial charge in [-0.15, -0.1) is 0 Å². The van der Waals surface area contributed by atoms with Gasteiger partial charge in [-0.1, -0.05) is 12.2 Å². The van der Waals surface area contributed by atoms with Gasteiger partial charge < -0.3 is 11.1 Å². The van der Waals surface area contributed by atoms with E-state index in [1.165, 1.54) is 12.1 Å². The smallest absolute Gasteiger partial charge is 0.389 e. The molecule has 1 heterocycles. The van der Waals surface area contributed by atoms with E-state index >= 15 is 0 Å². The van der Waals surface area contributed by atoms with Gasteiger partial charge in [0.15, 0.2) is 0 Å². The number of aromatic nitrogens is 1. The van der Waals surface area contributed by atoms with Crippen LogP contribution in [0, 0.1) is 5.82 Å². The zero-order valence-corrected chi connectivity index (χ0v) is 11.2. The number of nitrogens with one attached hydrogen (secondary N) is 1. The van der Waals surface area contributed by atoms with Crippen LogP contribution in [0.1, 0.15) is 11.3 Å². The molecule has 3 N–H and O–H groups in total. The predicted molar refractivity (Wildman–Crippen MR) is 74.8 cm³/mol. The maximum Gasteiger partial charge on any atom is 0.433 e. The van der Waals surface area contributed by atoms with Gasteiger partial charge in [-0.25, -0.2) is 9.37 Å². The molecule has 0 aliphatic carbocycles. The number of anilines is 2. The average Bonchev–Trinajstić information content (AvgIpc) is 2.40. The van der Waals surface area contributed by atoms with Gasteiger partial charge in [-0.3, -0.25) is 0 Å². The van der Waals surface area contributed by atoms with Crippen LogP contribution in [0.5, 0.6) is 0 Å². The van der Waals surface area contributed by atoms with Gasteiger partial charge in [0, 0.05) is 5.69 Å². The van der Waals surface area contributed by atoms with Gasteiger partial charge in [0.2, 0.25) is 0 Å². The third-order valence-corrected chi connectivity index (χ3v) is 2.78. The predicted octanol–water partition coefficient (Wildman–Crippen LogP) is 3.62. The summed E-state index contributed by atoms with van der Waals surface area (Å²) in [6.45, 7) is 0. The highest BCUT2D eigenvalue weighted by Crippen LogP contribution is 2.30. The first-order valence-electron chi connectivity index (χ1n) is 5.68. The molecule has 0 fully saturated rings. The van der Waals surface area contributed by atoms with Crippen LogP contribution in [0.3, 0.4) is 0 Å². The Labute approximate surface area is 122 Å². The number of rotatable bonds is 3. The van der Waals surface area contributed by atoms with Crippen molar-refractivity contribution in [1.29, 1.82) is 0 Å². The summed E-state index contributed by atoms with van der Waals surface area (Å²) in [5.74, 6) is -0.601. The highest BCUT2D eigenvalue weighted by atomic mass is 32.1. The fourth-order valence-electron chi connectivity index (χ4n) is 1.58. The summed E-state index contributed by atoms with van der Waals surface area (Å²) in [6, 6.07) is 6.99. The number of alkyl halides is 3. The molecule has 0 unspecified atom stereocenters. The number of thiocarbonyl (C=S) groups is 1. The van der Waals surface area contributed by atoms with Crippen LogP contribution >= 0.6 is 12.2 Å². The van der Waals surface area contributed by atoms with E-state index in [4.69, 9.17) is 18.0 Å². The molecule has 0 aliphatic heterocycles. The van der Waals surface area contributed by atoms with Gasteiger partial charge in [-0.05, 0) is 36.4 Å². The summed E-state index contributed by atoms with van der Waals surface area (Å²) in [6.07, 6.45) is -4.59. The number of pyridine rings is 1.